The lowest BCUT2D eigenvalue weighted by atomic mass is 10.2. The number of nitrogens with one attached hydrogen (secondary N) is 1. The van der Waals surface area contributed by atoms with Crippen LogP contribution >= 0.6 is 23.4 Å². The fourth-order valence-electron chi connectivity index (χ4n) is 1.55. The molecule has 0 spiro atoms. The standard InChI is InChI=1S/C15H14ClN3OS/c16-14-5-1-3-12(7-14)10-21-11-15(20)19-18-9-13-4-2-6-17-8-13/h1-9H,10-11H2,(H,19,20)/b18-9-. The number of nitrogens with zero attached hydrogens (tertiary/aromatic N) is 2. The number of pyridine rings is 1. The highest BCUT2D eigenvalue weighted by atomic mass is 35.5. The highest BCUT2D eigenvalue weighted by Crippen LogP contribution is 2.16. The number of amides is 1. The van der Waals surface area contributed by atoms with Gasteiger partial charge < -0.3 is 0 Å². The van der Waals surface area contributed by atoms with Crippen LogP contribution in [-0.4, -0.2) is 22.9 Å². The van der Waals surface area contributed by atoms with E-state index < -0.39 is 0 Å². The van der Waals surface area contributed by atoms with Gasteiger partial charge in [-0.2, -0.15) is 5.10 Å². The molecular weight excluding hydrogens is 306 g/mol. The van der Waals surface area contributed by atoms with Crippen LogP contribution in [0.1, 0.15) is 11.1 Å². The highest BCUT2D eigenvalue weighted by molar-refractivity contribution is 7.99. The Labute approximate surface area is 132 Å². The highest BCUT2D eigenvalue weighted by Gasteiger charge is 2.01. The van der Waals surface area contributed by atoms with Gasteiger partial charge in [-0.1, -0.05) is 29.8 Å². The van der Waals surface area contributed by atoms with Gasteiger partial charge in [0.1, 0.15) is 0 Å². The van der Waals surface area contributed by atoms with Crippen LogP contribution in [0, 0.1) is 0 Å². The zero-order chi connectivity index (χ0) is 14.9. The topological polar surface area (TPSA) is 54.4 Å². The summed E-state index contributed by atoms with van der Waals surface area (Å²) in [5.74, 6) is 0.944. The van der Waals surface area contributed by atoms with E-state index in [1.807, 2.05) is 36.4 Å². The third-order valence-corrected chi connectivity index (χ3v) is 3.72. The molecule has 0 aliphatic rings. The molecule has 0 bridgehead atoms. The molecule has 21 heavy (non-hydrogen) atoms. The summed E-state index contributed by atoms with van der Waals surface area (Å²) in [6, 6.07) is 11.3. The van der Waals surface area contributed by atoms with E-state index >= 15 is 0 Å². The molecule has 1 aromatic carbocycles. The quantitative estimate of drug-likeness (QED) is 0.657. The zero-order valence-corrected chi connectivity index (χ0v) is 12.8. The third kappa shape index (κ3) is 5.97. The lowest BCUT2D eigenvalue weighted by molar-refractivity contribution is -0.118. The first-order chi connectivity index (χ1) is 10.2. The number of carbonyl (C=O) groups is 1. The summed E-state index contributed by atoms with van der Waals surface area (Å²) in [5, 5.41) is 4.59. The average molecular weight is 320 g/mol. The molecule has 0 unspecified atom stereocenters. The Bertz CT molecular complexity index is 619. The van der Waals surface area contributed by atoms with Crippen LogP contribution in [-0.2, 0) is 10.5 Å². The molecule has 2 aromatic rings. The van der Waals surface area contributed by atoms with Gasteiger partial charge >= 0.3 is 0 Å². The van der Waals surface area contributed by atoms with Crippen molar-refractivity contribution in [3.63, 3.8) is 0 Å². The molecule has 0 aliphatic carbocycles. The molecule has 2 rings (SSSR count). The Balaban J connectivity index is 1.69. The predicted octanol–water partition coefficient (Wildman–Crippen LogP) is 3.12. The van der Waals surface area contributed by atoms with Gasteiger partial charge in [0.05, 0.1) is 12.0 Å². The smallest absolute Gasteiger partial charge is 0.250 e. The maximum atomic E-state index is 11.6. The van der Waals surface area contributed by atoms with Gasteiger partial charge in [0.15, 0.2) is 0 Å². The van der Waals surface area contributed by atoms with Crippen LogP contribution in [0.15, 0.2) is 53.9 Å². The van der Waals surface area contributed by atoms with Crippen LogP contribution in [0.4, 0.5) is 0 Å². The zero-order valence-electron chi connectivity index (χ0n) is 11.2. The van der Waals surface area contributed by atoms with E-state index in [0.717, 1.165) is 16.9 Å². The molecule has 0 aliphatic heterocycles. The molecule has 0 fully saturated rings. The molecule has 0 radical (unpaired) electrons. The van der Waals surface area contributed by atoms with Crippen molar-refractivity contribution in [2.75, 3.05) is 5.75 Å². The van der Waals surface area contributed by atoms with Crippen molar-refractivity contribution in [1.82, 2.24) is 10.4 Å². The van der Waals surface area contributed by atoms with Crippen molar-refractivity contribution in [2.45, 2.75) is 5.75 Å². The molecule has 0 saturated carbocycles. The minimum Gasteiger partial charge on any atom is -0.272 e. The number of carbonyl (C=O) groups excluding carboxylic acids is 1. The summed E-state index contributed by atoms with van der Waals surface area (Å²) in [7, 11) is 0. The van der Waals surface area contributed by atoms with E-state index in [4.69, 9.17) is 11.6 Å². The van der Waals surface area contributed by atoms with Gasteiger partial charge in [0, 0.05) is 28.7 Å². The lowest BCUT2D eigenvalue weighted by Gasteiger charge is -2.02. The van der Waals surface area contributed by atoms with Gasteiger partial charge in [0.2, 0.25) is 5.91 Å². The normalized spacial score (nSPS) is 10.7. The van der Waals surface area contributed by atoms with Gasteiger partial charge in [-0.3, -0.25) is 9.78 Å². The molecular formula is C15H14ClN3OS. The first-order valence-corrected chi connectivity index (χ1v) is 7.81. The molecule has 1 aromatic heterocycles. The first-order valence-electron chi connectivity index (χ1n) is 6.28. The van der Waals surface area contributed by atoms with Crippen LogP contribution in [0.3, 0.4) is 0 Å². The van der Waals surface area contributed by atoms with Gasteiger partial charge in [0.25, 0.3) is 0 Å². The van der Waals surface area contributed by atoms with Crippen molar-refractivity contribution in [3.8, 4) is 0 Å². The summed E-state index contributed by atoms with van der Waals surface area (Å²) < 4.78 is 0. The van der Waals surface area contributed by atoms with Crippen molar-refractivity contribution >= 4 is 35.5 Å². The van der Waals surface area contributed by atoms with E-state index in [9.17, 15) is 4.79 Å². The van der Waals surface area contributed by atoms with E-state index in [1.165, 1.54) is 11.8 Å². The molecule has 0 atom stereocenters. The summed E-state index contributed by atoms with van der Waals surface area (Å²) in [5.41, 5.74) is 4.42. The number of halogens is 1. The maximum absolute atomic E-state index is 11.6. The number of hydrogen-bond donors (Lipinski definition) is 1. The lowest BCUT2D eigenvalue weighted by Crippen LogP contribution is -2.19. The van der Waals surface area contributed by atoms with Crippen molar-refractivity contribution < 1.29 is 4.79 Å². The minimum absolute atomic E-state index is 0.137. The summed E-state index contributed by atoms with van der Waals surface area (Å²) in [6.07, 6.45) is 4.92. The van der Waals surface area contributed by atoms with Crippen LogP contribution < -0.4 is 5.43 Å². The Morgan fingerprint density at radius 1 is 1.38 bits per heavy atom. The number of hydrazone groups is 1. The van der Waals surface area contributed by atoms with Gasteiger partial charge in [-0.05, 0) is 23.8 Å². The molecule has 108 valence electrons. The summed E-state index contributed by atoms with van der Waals surface area (Å²) in [6.45, 7) is 0. The molecule has 4 nitrogen and oxygen atoms in total. The Morgan fingerprint density at radius 2 is 2.29 bits per heavy atom. The number of rotatable bonds is 6. The number of thioether (sulfide) groups is 1. The minimum atomic E-state index is -0.137. The van der Waals surface area contributed by atoms with Crippen molar-refractivity contribution in [2.24, 2.45) is 5.10 Å². The van der Waals surface area contributed by atoms with Crippen LogP contribution in [0.25, 0.3) is 0 Å². The second-order valence-electron chi connectivity index (χ2n) is 4.20. The van der Waals surface area contributed by atoms with Gasteiger partial charge in [-0.15, -0.1) is 11.8 Å². The summed E-state index contributed by atoms with van der Waals surface area (Å²) in [4.78, 5) is 15.6. The average Bonchev–Trinajstić information content (AvgIpc) is 2.48. The number of benzene rings is 1. The van der Waals surface area contributed by atoms with Crippen LogP contribution in [0.5, 0.6) is 0 Å². The second-order valence-corrected chi connectivity index (χ2v) is 5.62. The molecule has 1 N–H and O–H groups in total. The first kappa shape index (κ1) is 15.5. The molecule has 1 amide bonds. The second kappa shape index (κ2) is 8.44. The van der Waals surface area contributed by atoms with Crippen molar-refractivity contribution in [1.29, 1.82) is 0 Å². The molecule has 1 heterocycles. The van der Waals surface area contributed by atoms with E-state index in [0.29, 0.717) is 10.8 Å². The monoisotopic (exact) mass is 319 g/mol. The Kier molecular flexibility index (Phi) is 6.24. The van der Waals surface area contributed by atoms with Gasteiger partial charge in [-0.25, -0.2) is 5.43 Å². The third-order valence-electron chi connectivity index (χ3n) is 2.48. The largest absolute Gasteiger partial charge is 0.272 e. The summed E-state index contributed by atoms with van der Waals surface area (Å²) >= 11 is 7.41. The fourth-order valence-corrected chi connectivity index (χ4v) is 2.53. The van der Waals surface area contributed by atoms with Crippen LogP contribution in [0.2, 0.25) is 5.02 Å². The van der Waals surface area contributed by atoms with E-state index in [1.54, 1.807) is 18.6 Å². The van der Waals surface area contributed by atoms with E-state index in [-0.39, 0.29) is 5.91 Å². The molecule has 0 saturated heterocycles. The Hall–Kier alpha value is -1.85. The van der Waals surface area contributed by atoms with E-state index in [2.05, 4.69) is 15.5 Å². The number of aromatic nitrogens is 1. The SMILES string of the molecule is O=C(CSCc1cccc(Cl)c1)N/N=C\c1cccnc1. The predicted molar refractivity (Wildman–Crippen MR) is 87.6 cm³/mol. The molecule has 6 heteroatoms. The number of hydrogen-bond acceptors (Lipinski definition) is 4. The fraction of sp³-hybridized carbons (Fsp3) is 0.133. The Morgan fingerprint density at radius 3 is 3.05 bits per heavy atom. The van der Waals surface area contributed by atoms with Crippen molar-refractivity contribution in [3.05, 3.63) is 64.9 Å². The maximum Gasteiger partial charge on any atom is 0.250 e.